The fraction of sp³-hybridized carbons (Fsp3) is 0.600. The molecule has 1 fully saturated rings. The lowest BCUT2D eigenvalue weighted by atomic mass is 10.0. The molecule has 1 atom stereocenters. The van der Waals surface area contributed by atoms with Gasteiger partial charge in [0.1, 0.15) is 5.82 Å². The smallest absolute Gasteiger partial charge is 0.257 e. The molecule has 2 heterocycles. The van der Waals surface area contributed by atoms with Crippen LogP contribution in [0.15, 0.2) is 4.79 Å². The number of aromatic nitrogens is 2. The first-order chi connectivity index (χ1) is 7.18. The van der Waals surface area contributed by atoms with Crippen LogP contribution in [0, 0.1) is 6.92 Å². The van der Waals surface area contributed by atoms with E-state index >= 15 is 0 Å². The van der Waals surface area contributed by atoms with Crippen molar-refractivity contribution in [1.29, 1.82) is 0 Å². The maximum Gasteiger partial charge on any atom is 0.257 e. The Morgan fingerprint density at radius 3 is 3.00 bits per heavy atom. The highest BCUT2D eigenvalue weighted by Gasteiger charge is 2.19. The fourth-order valence-electron chi connectivity index (χ4n) is 1.69. The summed E-state index contributed by atoms with van der Waals surface area (Å²) < 4.78 is 5.30. The number of hydrogen-bond acceptors (Lipinski definition) is 4. The predicted octanol–water partition coefficient (Wildman–Crippen LogP) is 0.678. The van der Waals surface area contributed by atoms with E-state index < -0.39 is 0 Å². The Balaban J connectivity index is 2.32. The Kier molecular flexibility index (Phi) is 2.73. The summed E-state index contributed by atoms with van der Waals surface area (Å²) in [7, 11) is 0. The molecule has 0 aromatic carbocycles. The summed E-state index contributed by atoms with van der Waals surface area (Å²) in [6, 6.07) is 0. The molecule has 1 aliphatic heterocycles. The minimum atomic E-state index is -0.275. The van der Waals surface area contributed by atoms with E-state index in [2.05, 4.69) is 9.97 Å². The SMILES string of the molecule is Cc1c(O)nc(C2CCCOC2)[nH]c1=O. The van der Waals surface area contributed by atoms with Crippen LogP contribution in [0.5, 0.6) is 5.88 Å². The molecule has 0 aliphatic carbocycles. The van der Waals surface area contributed by atoms with Crippen molar-refractivity contribution in [3.05, 3.63) is 21.7 Å². The van der Waals surface area contributed by atoms with E-state index in [0.717, 1.165) is 19.4 Å². The minimum Gasteiger partial charge on any atom is -0.493 e. The van der Waals surface area contributed by atoms with Gasteiger partial charge in [-0.1, -0.05) is 0 Å². The van der Waals surface area contributed by atoms with Gasteiger partial charge < -0.3 is 14.8 Å². The molecular formula is C10H14N2O3. The van der Waals surface area contributed by atoms with Crippen molar-refractivity contribution in [2.75, 3.05) is 13.2 Å². The highest BCUT2D eigenvalue weighted by molar-refractivity contribution is 5.21. The van der Waals surface area contributed by atoms with Crippen molar-refractivity contribution in [2.24, 2.45) is 0 Å². The topological polar surface area (TPSA) is 75.2 Å². The number of ether oxygens (including phenoxy) is 1. The standard InChI is InChI=1S/C10H14N2O3/c1-6-9(13)11-8(12-10(6)14)7-3-2-4-15-5-7/h7H,2-5H2,1H3,(H2,11,12,13,14). The van der Waals surface area contributed by atoms with Gasteiger partial charge in [0, 0.05) is 12.5 Å². The number of aromatic hydroxyl groups is 1. The second kappa shape index (κ2) is 4.02. The van der Waals surface area contributed by atoms with Crippen LogP contribution in [0.4, 0.5) is 0 Å². The monoisotopic (exact) mass is 210 g/mol. The molecule has 5 heteroatoms. The largest absolute Gasteiger partial charge is 0.493 e. The van der Waals surface area contributed by atoms with Crippen LogP contribution in [0.25, 0.3) is 0 Å². The van der Waals surface area contributed by atoms with E-state index in [-0.39, 0.29) is 22.9 Å². The fourth-order valence-corrected chi connectivity index (χ4v) is 1.69. The Morgan fingerprint density at radius 1 is 1.60 bits per heavy atom. The zero-order valence-corrected chi connectivity index (χ0v) is 8.62. The van der Waals surface area contributed by atoms with Crippen LogP contribution in [-0.2, 0) is 4.74 Å². The van der Waals surface area contributed by atoms with Crippen LogP contribution in [0.2, 0.25) is 0 Å². The van der Waals surface area contributed by atoms with Crippen molar-refractivity contribution in [3.8, 4) is 5.88 Å². The lowest BCUT2D eigenvalue weighted by Gasteiger charge is -2.21. The van der Waals surface area contributed by atoms with Gasteiger partial charge in [-0.05, 0) is 19.8 Å². The molecule has 0 bridgehead atoms. The maximum absolute atomic E-state index is 11.4. The van der Waals surface area contributed by atoms with Crippen molar-refractivity contribution in [3.63, 3.8) is 0 Å². The molecule has 0 spiro atoms. The molecule has 1 saturated heterocycles. The van der Waals surface area contributed by atoms with Gasteiger partial charge in [0.15, 0.2) is 0 Å². The second-order valence-electron chi connectivity index (χ2n) is 3.81. The van der Waals surface area contributed by atoms with Gasteiger partial charge in [-0.3, -0.25) is 4.79 Å². The minimum absolute atomic E-state index is 0.0953. The number of aromatic amines is 1. The molecule has 5 nitrogen and oxygen atoms in total. The van der Waals surface area contributed by atoms with Crippen LogP contribution in [0.1, 0.15) is 30.1 Å². The van der Waals surface area contributed by atoms with Crippen molar-refractivity contribution in [1.82, 2.24) is 9.97 Å². The third-order valence-corrected chi connectivity index (χ3v) is 2.69. The van der Waals surface area contributed by atoms with Crippen LogP contribution in [-0.4, -0.2) is 28.3 Å². The zero-order chi connectivity index (χ0) is 10.8. The van der Waals surface area contributed by atoms with E-state index in [1.54, 1.807) is 6.92 Å². The lowest BCUT2D eigenvalue weighted by Crippen LogP contribution is -2.22. The van der Waals surface area contributed by atoms with Gasteiger partial charge in [-0.25, -0.2) is 0 Å². The summed E-state index contributed by atoms with van der Waals surface area (Å²) >= 11 is 0. The average molecular weight is 210 g/mol. The van der Waals surface area contributed by atoms with Gasteiger partial charge in [0.2, 0.25) is 5.88 Å². The van der Waals surface area contributed by atoms with Crippen molar-refractivity contribution in [2.45, 2.75) is 25.7 Å². The summed E-state index contributed by atoms with van der Waals surface area (Å²) in [5.41, 5.74) is -0.0152. The maximum atomic E-state index is 11.4. The van der Waals surface area contributed by atoms with Crippen LogP contribution < -0.4 is 5.56 Å². The number of H-pyrrole nitrogens is 1. The zero-order valence-electron chi connectivity index (χ0n) is 8.62. The van der Waals surface area contributed by atoms with Gasteiger partial charge in [-0.2, -0.15) is 4.98 Å². The summed E-state index contributed by atoms with van der Waals surface area (Å²) in [4.78, 5) is 18.1. The molecule has 0 saturated carbocycles. The molecule has 0 amide bonds. The number of nitrogens with one attached hydrogen (secondary N) is 1. The molecular weight excluding hydrogens is 196 g/mol. The van der Waals surface area contributed by atoms with Crippen molar-refractivity contribution < 1.29 is 9.84 Å². The normalized spacial score (nSPS) is 21.5. The summed E-state index contributed by atoms with van der Waals surface area (Å²) in [6.45, 7) is 2.87. The van der Waals surface area contributed by atoms with E-state index in [9.17, 15) is 9.90 Å². The molecule has 1 aromatic heterocycles. The molecule has 82 valence electrons. The molecule has 1 aromatic rings. The van der Waals surface area contributed by atoms with Gasteiger partial charge in [0.25, 0.3) is 5.56 Å². The second-order valence-corrected chi connectivity index (χ2v) is 3.81. The predicted molar refractivity (Wildman–Crippen MR) is 54.1 cm³/mol. The number of rotatable bonds is 1. The van der Waals surface area contributed by atoms with Gasteiger partial charge in [0.05, 0.1) is 12.2 Å². The summed E-state index contributed by atoms with van der Waals surface area (Å²) in [6.07, 6.45) is 1.90. The Labute approximate surface area is 87.1 Å². The Morgan fingerprint density at radius 2 is 2.40 bits per heavy atom. The number of nitrogens with zero attached hydrogens (tertiary/aromatic N) is 1. The summed E-state index contributed by atoms with van der Waals surface area (Å²) in [5, 5.41) is 9.44. The van der Waals surface area contributed by atoms with E-state index in [1.165, 1.54) is 0 Å². The van der Waals surface area contributed by atoms with Crippen LogP contribution in [0.3, 0.4) is 0 Å². The van der Waals surface area contributed by atoms with Gasteiger partial charge in [-0.15, -0.1) is 0 Å². The molecule has 15 heavy (non-hydrogen) atoms. The van der Waals surface area contributed by atoms with E-state index in [4.69, 9.17) is 4.74 Å². The van der Waals surface area contributed by atoms with Crippen LogP contribution >= 0.6 is 0 Å². The Hall–Kier alpha value is -1.36. The Bertz CT molecular complexity index is 408. The third-order valence-electron chi connectivity index (χ3n) is 2.69. The first-order valence-corrected chi connectivity index (χ1v) is 5.06. The lowest BCUT2D eigenvalue weighted by molar-refractivity contribution is 0.0778. The quantitative estimate of drug-likeness (QED) is 0.714. The molecule has 2 N–H and O–H groups in total. The number of hydrogen-bond donors (Lipinski definition) is 2. The highest BCUT2D eigenvalue weighted by atomic mass is 16.5. The highest BCUT2D eigenvalue weighted by Crippen LogP contribution is 2.23. The molecule has 2 rings (SSSR count). The molecule has 1 aliphatic rings. The first-order valence-electron chi connectivity index (χ1n) is 5.06. The molecule has 0 radical (unpaired) electrons. The molecule has 1 unspecified atom stereocenters. The first kappa shape index (κ1) is 10.2. The third kappa shape index (κ3) is 2.02. The van der Waals surface area contributed by atoms with E-state index in [0.29, 0.717) is 12.4 Å². The average Bonchev–Trinajstić information content (AvgIpc) is 2.26. The van der Waals surface area contributed by atoms with E-state index in [1.807, 2.05) is 0 Å². The van der Waals surface area contributed by atoms with Crippen molar-refractivity contribution >= 4 is 0 Å². The summed E-state index contributed by atoms with van der Waals surface area (Å²) in [5.74, 6) is 0.445. The van der Waals surface area contributed by atoms with Gasteiger partial charge >= 0.3 is 0 Å².